The van der Waals surface area contributed by atoms with Crippen LogP contribution in [-0.4, -0.2) is 37.2 Å². The minimum Gasteiger partial charge on any atom is -0.462 e. The van der Waals surface area contributed by atoms with Gasteiger partial charge in [0.15, 0.2) is 6.10 Å². The van der Waals surface area contributed by atoms with Crippen molar-refractivity contribution in [2.75, 3.05) is 13.2 Å². The van der Waals surface area contributed by atoms with Gasteiger partial charge in [0.05, 0.1) is 0 Å². The first kappa shape index (κ1) is 73.4. The number of rotatable bonds is 65. The number of hydrogen-bond acceptors (Lipinski definition) is 6. The molecule has 6 heteroatoms. The Bertz CT molecular complexity index is 1120. The Morgan fingerprint density at radius 1 is 0.213 bits per heavy atom. The lowest BCUT2D eigenvalue weighted by Gasteiger charge is -2.18. The molecule has 1 unspecified atom stereocenters. The number of unbranched alkanes of at least 4 members (excludes halogenated alkanes) is 54. The maximum atomic E-state index is 12.9. The zero-order chi connectivity index (χ0) is 54.3. The number of carbonyl (C=O) groups is 3. The average molecular weight is 1060 g/mol. The van der Waals surface area contributed by atoms with Crippen LogP contribution in [0.4, 0.5) is 0 Å². The molecule has 0 aromatic rings. The number of carbonyl (C=O) groups excluding carboxylic acids is 3. The molecule has 0 saturated heterocycles. The zero-order valence-corrected chi connectivity index (χ0v) is 51.4. The van der Waals surface area contributed by atoms with Gasteiger partial charge >= 0.3 is 17.9 Å². The number of hydrogen-bond donors (Lipinski definition) is 0. The van der Waals surface area contributed by atoms with Crippen molar-refractivity contribution in [2.24, 2.45) is 0 Å². The third kappa shape index (κ3) is 63.1. The Balaban J connectivity index is 4.12. The molecular weight excluding hydrogens is 925 g/mol. The van der Waals surface area contributed by atoms with Gasteiger partial charge in [-0.3, -0.25) is 14.4 Å². The lowest BCUT2D eigenvalue weighted by Crippen LogP contribution is -2.30. The maximum absolute atomic E-state index is 12.9. The van der Waals surface area contributed by atoms with E-state index in [0.29, 0.717) is 19.3 Å². The molecule has 0 rings (SSSR count). The van der Waals surface area contributed by atoms with E-state index in [-0.39, 0.29) is 31.1 Å². The van der Waals surface area contributed by atoms with Gasteiger partial charge in [-0.2, -0.15) is 0 Å². The molecule has 75 heavy (non-hydrogen) atoms. The van der Waals surface area contributed by atoms with Gasteiger partial charge in [-0.05, 0) is 19.3 Å². The Labute approximate surface area is 469 Å². The molecule has 0 aliphatic carbocycles. The van der Waals surface area contributed by atoms with Crippen LogP contribution in [0.2, 0.25) is 0 Å². The van der Waals surface area contributed by atoms with E-state index in [1.54, 1.807) is 0 Å². The third-order valence-corrected chi connectivity index (χ3v) is 16.1. The third-order valence-electron chi connectivity index (χ3n) is 16.1. The quantitative estimate of drug-likeness (QED) is 0.0343. The first-order chi connectivity index (χ1) is 37.0. The van der Waals surface area contributed by atoms with Crippen LogP contribution in [0.25, 0.3) is 0 Å². The molecule has 0 aromatic carbocycles. The standard InChI is InChI=1S/C69H134O6/c1-4-7-10-13-16-19-22-24-26-28-30-31-32-33-34-35-36-37-39-40-42-44-47-50-53-56-59-62-68(71)74-65-66(64-73-67(70)61-58-55-52-49-46-21-18-15-12-9-6-3)75-69(72)63-60-57-54-51-48-45-43-41-38-29-27-25-23-20-17-14-11-8-5-2/h66H,4-65H2,1-3H3. The van der Waals surface area contributed by atoms with Crippen LogP contribution in [0.15, 0.2) is 0 Å². The minimum absolute atomic E-state index is 0.0605. The molecule has 0 aliphatic heterocycles. The first-order valence-electron chi connectivity index (χ1n) is 34.5. The van der Waals surface area contributed by atoms with E-state index in [0.717, 1.165) is 57.8 Å². The molecule has 1 atom stereocenters. The van der Waals surface area contributed by atoms with E-state index in [1.807, 2.05) is 0 Å². The van der Waals surface area contributed by atoms with Gasteiger partial charge in [0.2, 0.25) is 0 Å². The minimum atomic E-state index is -0.762. The summed E-state index contributed by atoms with van der Waals surface area (Å²) in [7, 11) is 0. The average Bonchev–Trinajstić information content (AvgIpc) is 3.41. The molecule has 0 fully saturated rings. The summed E-state index contributed by atoms with van der Waals surface area (Å²) in [6.07, 6.45) is 75.7. The van der Waals surface area contributed by atoms with Crippen molar-refractivity contribution in [3.63, 3.8) is 0 Å². The van der Waals surface area contributed by atoms with E-state index in [2.05, 4.69) is 20.8 Å². The Morgan fingerprint density at radius 2 is 0.360 bits per heavy atom. The molecule has 0 spiro atoms. The van der Waals surface area contributed by atoms with Gasteiger partial charge in [-0.1, -0.05) is 367 Å². The second-order valence-corrected chi connectivity index (χ2v) is 23.8. The second kappa shape index (κ2) is 64.9. The summed E-state index contributed by atoms with van der Waals surface area (Å²) in [6.45, 7) is 6.73. The molecule has 0 N–H and O–H groups in total. The van der Waals surface area contributed by atoms with Crippen LogP contribution in [-0.2, 0) is 28.6 Å². The van der Waals surface area contributed by atoms with Crippen molar-refractivity contribution in [3.05, 3.63) is 0 Å². The van der Waals surface area contributed by atoms with E-state index < -0.39 is 6.10 Å². The summed E-state index contributed by atoms with van der Waals surface area (Å²) in [5, 5.41) is 0. The molecule has 0 radical (unpaired) electrons. The molecule has 446 valence electrons. The van der Waals surface area contributed by atoms with E-state index >= 15 is 0 Å². The molecule has 0 aliphatic rings. The van der Waals surface area contributed by atoms with Crippen molar-refractivity contribution in [1.29, 1.82) is 0 Å². The zero-order valence-electron chi connectivity index (χ0n) is 51.4. The van der Waals surface area contributed by atoms with Crippen molar-refractivity contribution < 1.29 is 28.6 Å². The highest BCUT2D eigenvalue weighted by Gasteiger charge is 2.19. The normalized spacial score (nSPS) is 11.9. The SMILES string of the molecule is CCCCCCCCCCCCCCCCCCCCCCCCCCCCCC(=O)OCC(COC(=O)CCCCCCCCCCCCC)OC(=O)CCCCCCCCCCCCCCCCCCCCC. The molecule has 0 amide bonds. The van der Waals surface area contributed by atoms with E-state index in [1.165, 1.54) is 308 Å². The second-order valence-electron chi connectivity index (χ2n) is 23.8. The Kier molecular flexibility index (Phi) is 63.6. The lowest BCUT2D eigenvalue weighted by atomic mass is 10.0. The lowest BCUT2D eigenvalue weighted by molar-refractivity contribution is -0.167. The maximum Gasteiger partial charge on any atom is 0.306 e. The number of esters is 3. The van der Waals surface area contributed by atoms with Crippen LogP contribution in [0.1, 0.15) is 406 Å². The fourth-order valence-electron chi connectivity index (χ4n) is 10.9. The van der Waals surface area contributed by atoms with Crippen LogP contribution in [0.3, 0.4) is 0 Å². The van der Waals surface area contributed by atoms with Crippen molar-refractivity contribution in [2.45, 2.75) is 412 Å². The number of ether oxygens (including phenoxy) is 3. The smallest absolute Gasteiger partial charge is 0.306 e. The van der Waals surface area contributed by atoms with Gasteiger partial charge in [0, 0.05) is 19.3 Å². The highest BCUT2D eigenvalue weighted by atomic mass is 16.6. The molecule has 0 heterocycles. The molecule has 6 nitrogen and oxygen atoms in total. The Hall–Kier alpha value is -1.59. The van der Waals surface area contributed by atoms with E-state index in [4.69, 9.17) is 14.2 Å². The van der Waals surface area contributed by atoms with Crippen molar-refractivity contribution in [3.8, 4) is 0 Å². The predicted molar refractivity (Wildman–Crippen MR) is 326 cm³/mol. The summed E-state index contributed by atoms with van der Waals surface area (Å²) in [4.78, 5) is 38.3. The summed E-state index contributed by atoms with van der Waals surface area (Å²) in [5.74, 6) is -0.824. The van der Waals surface area contributed by atoms with Crippen molar-refractivity contribution >= 4 is 17.9 Å². The van der Waals surface area contributed by atoms with Gasteiger partial charge < -0.3 is 14.2 Å². The van der Waals surface area contributed by atoms with Crippen LogP contribution in [0.5, 0.6) is 0 Å². The molecule has 0 aromatic heterocycles. The molecule has 0 bridgehead atoms. The van der Waals surface area contributed by atoms with Gasteiger partial charge in [-0.15, -0.1) is 0 Å². The molecular formula is C69H134O6. The fourth-order valence-corrected chi connectivity index (χ4v) is 10.9. The fraction of sp³-hybridized carbons (Fsp3) is 0.957. The highest BCUT2D eigenvalue weighted by Crippen LogP contribution is 2.19. The van der Waals surface area contributed by atoms with Gasteiger partial charge in [0.25, 0.3) is 0 Å². The first-order valence-corrected chi connectivity index (χ1v) is 34.5. The summed E-state index contributed by atoms with van der Waals surface area (Å²) in [5.41, 5.74) is 0. The van der Waals surface area contributed by atoms with Gasteiger partial charge in [0.1, 0.15) is 13.2 Å². The van der Waals surface area contributed by atoms with Crippen molar-refractivity contribution in [1.82, 2.24) is 0 Å². The summed E-state index contributed by atoms with van der Waals surface area (Å²) in [6, 6.07) is 0. The monoisotopic (exact) mass is 1060 g/mol. The van der Waals surface area contributed by atoms with Crippen LogP contribution in [0, 0.1) is 0 Å². The highest BCUT2D eigenvalue weighted by molar-refractivity contribution is 5.71. The Morgan fingerprint density at radius 3 is 0.533 bits per heavy atom. The predicted octanol–water partition coefficient (Wildman–Crippen LogP) is 23.5. The summed E-state index contributed by atoms with van der Waals surface area (Å²) < 4.78 is 17.0. The van der Waals surface area contributed by atoms with E-state index in [9.17, 15) is 14.4 Å². The van der Waals surface area contributed by atoms with Crippen LogP contribution >= 0.6 is 0 Å². The topological polar surface area (TPSA) is 78.9 Å². The van der Waals surface area contributed by atoms with Gasteiger partial charge in [-0.25, -0.2) is 0 Å². The molecule has 0 saturated carbocycles. The summed E-state index contributed by atoms with van der Waals surface area (Å²) >= 11 is 0. The largest absolute Gasteiger partial charge is 0.462 e. The van der Waals surface area contributed by atoms with Crippen LogP contribution < -0.4 is 0 Å².